The molecular weight excluding hydrogens is 415 g/mol. The molecule has 0 aliphatic carbocycles. The van der Waals surface area contributed by atoms with E-state index in [1.807, 2.05) is 0 Å². The van der Waals surface area contributed by atoms with Crippen LogP contribution in [0.15, 0.2) is 26.0 Å². The summed E-state index contributed by atoms with van der Waals surface area (Å²) in [5.74, 6) is -0.664. The molecule has 0 fully saturated rings. The van der Waals surface area contributed by atoms with Crippen LogP contribution in [-0.2, 0) is 13.8 Å². The molecule has 1 aromatic rings. The van der Waals surface area contributed by atoms with Gasteiger partial charge in [-0.25, -0.2) is 8.42 Å². The number of carbonyl (C=O) groups is 1. The molecule has 1 aromatic carbocycles. The van der Waals surface area contributed by atoms with Crippen LogP contribution in [0, 0.1) is 0 Å². The summed E-state index contributed by atoms with van der Waals surface area (Å²) in [6.45, 7) is -0.0283. The summed E-state index contributed by atoms with van der Waals surface area (Å²) in [7, 11) is 1.38. The van der Waals surface area contributed by atoms with E-state index in [4.69, 9.17) is 20.5 Å². The number of ether oxygens (including phenoxy) is 1. The van der Waals surface area contributed by atoms with Gasteiger partial charge in [0.25, 0.3) is 9.05 Å². The van der Waals surface area contributed by atoms with Crippen LogP contribution in [-0.4, -0.2) is 26.1 Å². The van der Waals surface area contributed by atoms with Crippen molar-refractivity contribution in [1.29, 1.82) is 0 Å². The monoisotopic (exact) mass is 420 g/mol. The normalized spacial score (nSPS) is 11.3. The molecule has 0 saturated heterocycles. The molecule has 0 aliphatic heterocycles. The van der Waals surface area contributed by atoms with Gasteiger partial charge in [0, 0.05) is 10.7 Å². The molecule has 0 unspecified atom stereocenters. The summed E-state index contributed by atoms with van der Waals surface area (Å²) < 4.78 is 28.3. The fraction of sp³-hybridized carbons (Fsp3) is 0.222. The van der Waals surface area contributed by atoms with Crippen molar-refractivity contribution in [1.82, 2.24) is 0 Å². The van der Waals surface area contributed by atoms with Gasteiger partial charge in [0.1, 0.15) is 5.75 Å². The molecule has 0 amide bonds. The highest BCUT2D eigenvalue weighted by atomic mass is 79.9. The number of rotatable bonds is 5. The smallest absolute Gasteiger partial charge is 0.306 e. The highest BCUT2D eigenvalue weighted by molar-refractivity contribution is 9.11. The lowest BCUT2D eigenvalue weighted by molar-refractivity contribution is -0.137. The first kappa shape index (κ1) is 15.7. The van der Waals surface area contributed by atoms with E-state index in [0.717, 1.165) is 0 Å². The van der Waals surface area contributed by atoms with Crippen LogP contribution in [0.4, 0.5) is 0 Å². The van der Waals surface area contributed by atoms with Gasteiger partial charge in [-0.15, -0.1) is 0 Å². The van der Waals surface area contributed by atoms with Gasteiger partial charge in [0.15, 0.2) is 0 Å². The maximum atomic E-state index is 11.2. The van der Waals surface area contributed by atoms with Crippen LogP contribution in [0.5, 0.6) is 5.75 Å². The van der Waals surface area contributed by atoms with Crippen molar-refractivity contribution < 1.29 is 23.1 Å². The summed E-state index contributed by atoms with van der Waals surface area (Å²) in [5.41, 5.74) is 0. The second-order valence-corrected chi connectivity index (χ2v) is 7.42. The van der Waals surface area contributed by atoms with Gasteiger partial charge >= 0.3 is 5.97 Å². The van der Waals surface area contributed by atoms with E-state index in [0.29, 0.717) is 14.7 Å². The minimum absolute atomic E-state index is 0.0283. The molecule has 1 rings (SSSR count). The molecule has 5 nitrogen and oxygen atoms in total. The SMILES string of the molecule is O=C(O)CCOc1c(Br)cc(S(=O)(=O)Cl)cc1Br. The zero-order valence-corrected chi connectivity index (χ0v) is 13.4. The van der Waals surface area contributed by atoms with Crippen LogP contribution < -0.4 is 4.74 Å². The van der Waals surface area contributed by atoms with E-state index in [-0.39, 0.29) is 17.9 Å². The van der Waals surface area contributed by atoms with Gasteiger partial charge in [0.05, 0.1) is 26.9 Å². The highest BCUT2D eigenvalue weighted by Gasteiger charge is 2.16. The third kappa shape index (κ3) is 4.42. The topological polar surface area (TPSA) is 80.7 Å². The number of carboxylic acid groups (broad SMARTS) is 1. The molecule has 18 heavy (non-hydrogen) atoms. The van der Waals surface area contributed by atoms with E-state index < -0.39 is 15.0 Å². The zero-order valence-electron chi connectivity index (χ0n) is 8.69. The lowest BCUT2D eigenvalue weighted by Gasteiger charge is -2.10. The average Bonchev–Trinajstić information content (AvgIpc) is 2.20. The molecule has 1 N–H and O–H groups in total. The van der Waals surface area contributed by atoms with Gasteiger partial charge in [-0.05, 0) is 44.0 Å². The lowest BCUT2D eigenvalue weighted by Crippen LogP contribution is -2.05. The van der Waals surface area contributed by atoms with Gasteiger partial charge in [0.2, 0.25) is 0 Å². The molecule has 0 spiro atoms. The number of hydrogen-bond acceptors (Lipinski definition) is 4. The van der Waals surface area contributed by atoms with Crippen LogP contribution in [0.1, 0.15) is 6.42 Å². The Morgan fingerprint density at radius 1 is 1.33 bits per heavy atom. The molecule has 0 radical (unpaired) electrons. The molecule has 0 heterocycles. The van der Waals surface area contributed by atoms with Gasteiger partial charge in [-0.2, -0.15) is 0 Å². The van der Waals surface area contributed by atoms with Crippen molar-refractivity contribution in [2.24, 2.45) is 0 Å². The first-order valence-electron chi connectivity index (χ1n) is 4.50. The van der Waals surface area contributed by atoms with Crippen molar-refractivity contribution in [3.05, 3.63) is 21.1 Å². The molecule has 0 bridgehead atoms. The lowest BCUT2D eigenvalue weighted by atomic mass is 10.3. The van der Waals surface area contributed by atoms with Gasteiger partial charge < -0.3 is 9.84 Å². The first-order chi connectivity index (χ1) is 8.21. The Hall–Kier alpha value is -0.310. The van der Waals surface area contributed by atoms with Crippen molar-refractivity contribution in [2.75, 3.05) is 6.61 Å². The predicted octanol–water partition coefficient (Wildman–Crippen LogP) is 2.99. The number of hydrogen-bond donors (Lipinski definition) is 1. The largest absolute Gasteiger partial charge is 0.491 e. The average molecular weight is 422 g/mol. The van der Waals surface area contributed by atoms with E-state index >= 15 is 0 Å². The molecule has 0 aliphatic rings. The Bertz CT molecular complexity index is 549. The minimum atomic E-state index is -3.84. The third-order valence-electron chi connectivity index (χ3n) is 1.82. The molecule has 0 aromatic heterocycles. The maximum absolute atomic E-state index is 11.2. The predicted molar refractivity (Wildman–Crippen MR) is 72.6 cm³/mol. The zero-order chi connectivity index (χ0) is 13.9. The van der Waals surface area contributed by atoms with E-state index in [1.165, 1.54) is 12.1 Å². The fourth-order valence-electron chi connectivity index (χ4n) is 1.06. The minimum Gasteiger partial charge on any atom is -0.491 e. The molecular formula is C9H7Br2ClO5S. The summed E-state index contributed by atoms with van der Waals surface area (Å²) >= 11 is 6.26. The number of carboxylic acids is 1. The Morgan fingerprint density at radius 2 is 1.83 bits per heavy atom. The van der Waals surface area contributed by atoms with Crippen LogP contribution in [0.2, 0.25) is 0 Å². The summed E-state index contributed by atoms with van der Waals surface area (Å²) in [5, 5.41) is 8.48. The van der Waals surface area contributed by atoms with Crippen molar-refractivity contribution >= 4 is 57.6 Å². The summed E-state index contributed by atoms with van der Waals surface area (Å²) in [6, 6.07) is 2.56. The Kier molecular flexibility index (Phi) is 5.45. The van der Waals surface area contributed by atoms with Crippen LogP contribution >= 0.6 is 42.5 Å². The second-order valence-electron chi connectivity index (χ2n) is 3.15. The Morgan fingerprint density at radius 3 is 2.22 bits per heavy atom. The molecule has 0 saturated carbocycles. The molecule has 0 atom stereocenters. The molecule has 100 valence electrons. The Labute approximate surface area is 125 Å². The first-order valence-corrected chi connectivity index (χ1v) is 8.39. The van der Waals surface area contributed by atoms with Gasteiger partial charge in [-0.1, -0.05) is 0 Å². The fourth-order valence-corrected chi connectivity index (χ4v) is 3.56. The van der Waals surface area contributed by atoms with Crippen molar-refractivity contribution in [2.45, 2.75) is 11.3 Å². The summed E-state index contributed by atoms with van der Waals surface area (Å²) in [4.78, 5) is 10.3. The van der Waals surface area contributed by atoms with Crippen LogP contribution in [0.3, 0.4) is 0 Å². The van der Waals surface area contributed by atoms with E-state index in [2.05, 4.69) is 31.9 Å². The van der Waals surface area contributed by atoms with Gasteiger partial charge in [-0.3, -0.25) is 4.79 Å². The maximum Gasteiger partial charge on any atom is 0.306 e. The van der Waals surface area contributed by atoms with E-state index in [1.54, 1.807) is 0 Å². The molecule has 9 heteroatoms. The third-order valence-corrected chi connectivity index (χ3v) is 4.33. The quantitative estimate of drug-likeness (QED) is 0.738. The second kappa shape index (κ2) is 6.23. The number of benzene rings is 1. The summed E-state index contributed by atoms with van der Waals surface area (Å²) in [6.07, 6.45) is -0.158. The highest BCUT2D eigenvalue weighted by Crippen LogP contribution is 2.36. The number of aliphatic carboxylic acids is 1. The van der Waals surface area contributed by atoms with Crippen molar-refractivity contribution in [3.63, 3.8) is 0 Å². The van der Waals surface area contributed by atoms with Crippen LogP contribution in [0.25, 0.3) is 0 Å². The van der Waals surface area contributed by atoms with Crippen molar-refractivity contribution in [3.8, 4) is 5.75 Å². The standard InChI is InChI=1S/C9H7Br2ClO5S/c10-6-3-5(18(12,15)16)4-7(11)9(6)17-2-1-8(13)14/h3-4H,1-2H2,(H,13,14). The number of halogens is 3. The van der Waals surface area contributed by atoms with E-state index in [9.17, 15) is 13.2 Å². The Balaban J connectivity index is 2.99.